The maximum Gasteiger partial charge on any atom is 0.354 e. The van der Waals surface area contributed by atoms with Crippen molar-refractivity contribution in [2.24, 2.45) is 7.05 Å². The number of ether oxygens (including phenoxy) is 1. The van der Waals surface area contributed by atoms with Crippen LogP contribution in [0, 0.1) is 13.8 Å². The fourth-order valence-corrected chi connectivity index (χ4v) is 5.24. The van der Waals surface area contributed by atoms with E-state index in [2.05, 4.69) is 10.1 Å². The van der Waals surface area contributed by atoms with Crippen molar-refractivity contribution in [3.05, 3.63) is 47.3 Å². The van der Waals surface area contributed by atoms with Gasteiger partial charge in [0.1, 0.15) is 16.6 Å². The number of rotatable bonds is 5. The van der Waals surface area contributed by atoms with Crippen molar-refractivity contribution in [3.63, 3.8) is 0 Å². The minimum Gasteiger partial charge on any atom is -0.464 e. The third-order valence-electron chi connectivity index (χ3n) is 5.35. The normalized spacial score (nSPS) is 17.3. The Labute approximate surface area is 170 Å². The number of methoxy groups -OCH3 is 1. The van der Waals surface area contributed by atoms with Crippen LogP contribution in [0.25, 0.3) is 0 Å². The summed E-state index contributed by atoms with van der Waals surface area (Å²) in [4.78, 5) is 24.7. The standard InChI is InChI=1S/C20H25N3O5S/c1-13-7-5-8-16(14(13)2)21-19(24)17-9-6-10-23(17)29(26,27)15-11-18(20(25)28-4)22(3)12-15/h5,7-8,11-12,17H,6,9-10H2,1-4H3,(H,21,24)/t17-/m1/s1. The molecule has 0 saturated carbocycles. The van der Waals surface area contributed by atoms with Gasteiger partial charge in [-0.3, -0.25) is 4.79 Å². The van der Waals surface area contributed by atoms with Crippen molar-refractivity contribution < 1.29 is 22.7 Å². The Hall–Kier alpha value is -2.65. The molecule has 9 heteroatoms. The molecule has 1 saturated heterocycles. The lowest BCUT2D eigenvalue weighted by molar-refractivity contribution is -0.119. The number of benzene rings is 1. The molecule has 156 valence electrons. The Morgan fingerprint density at radius 2 is 1.97 bits per heavy atom. The van der Waals surface area contributed by atoms with Crippen LogP contribution in [0.15, 0.2) is 35.4 Å². The van der Waals surface area contributed by atoms with Crippen molar-refractivity contribution in [2.45, 2.75) is 37.6 Å². The van der Waals surface area contributed by atoms with E-state index in [-0.39, 0.29) is 23.0 Å². The molecule has 0 radical (unpaired) electrons. The first-order valence-electron chi connectivity index (χ1n) is 9.30. The van der Waals surface area contributed by atoms with Gasteiger partial charge in [-0.2, -0.15) is 4.31 Å². The molecule has 2 aromatic rings. The maximum atomic E-state index is 13.2. The van der Waals surface area contributed by atoms with Gasteiger partial charge in [-0.1, -0.05) is 12.1 Å². The molecular weight excluding hydrogens is 394 g/mol. The summed E-state index contributed by atoms with van der Waals surface area (Å²) in [7, 11) is -1.14. The first kappa shape index (κ1) is 21.1. The lowest BCUT2D eigenvalue weighted by atomic mass is 10.1. The number of nitrogens with zero attached hydrogens (tertiary/aromatic N) is 2. The minimum absolute atomic E-state index is 0.0353. The zero-order valence-corrected chi connectivity index (χ0v) is 17.7. The Bertz CT molecular complexity index is 1060. The summed E-state index contributed by atoms with van der Waals surface area (Å²) >= 11 is 0. The number of carbonyl (C=O) groups excluding carboxylic acids is 2. The van der Waals surface area contributed by atoms with E-state index in [1.54, 1.807) is 13.1 Å². The molecule has 1 aliphatic heterocycles. The quantitative estimate of drug-likeness (QED) is 0.750. The van der Waals surface area contributed by atoms with Crippen LogP contribution in [0.3, 0.4) is 0 Å². The van der Waals surface area contributed by atoms with Gasteiger partial charge in [0.15, 0.2) is 0 Å². The van der Waals surface area contributed by atoms with Crippen LogP contribution in [-0.2, 0) is 26.6 Å². The monoisotopic (exact) mass is 419 g/mol. The predicted molar refractivity (Wildman–Crippen MR) is 108 cm³/mol. The lowest BCUT2D eigenvalue weighted by Crippen LogP contribution is -2.43. The highest BCUT2D eigenvalue weighted by atomic mass is 32.2. The number of anilines is 1. The highest BCUT2D eigenvalue weighted by Crippen LogP contribution is 2.29. The highest BCUT2D eigenvalue weighted by Gasteiger charge is 2.40. The van der Waals surface area contributed by atoms with Crippen LogP contribution >= 0.6 is 0 Å². The highest BCUT2D eigenvalue weighted by molar-refractivity contribution is 7.89. The summed E-state index contributed by atoms with van der Waals surface area (Å²) in [5.41, 5.74) is 2.78. The topological polar surface area (TPSA) is 97.7 Å². The van der Waals surface area contributed by atoms with Gasteiger partial charge in [-0.15, -0.1) is 0 Å². The van der Waals surface area contributed by atoms with Crippen molar-refractivity contribution in [1.29, 1.82) is 0 Å². The number of esters is 1. The number of sulfonamides is 1. The molecule has 1 fully saturated rings. The fraction of sp³-hybridized carbons (Fsp3) is 0.400. The molecule has 1 aliphatic rings. The molecule has 1 atom stereocenters. The Balaban J connectivity index is 1.87. The average molecular weight is 420 g/mol. The largest absolute Gasteiger partial charge is 0.464 e. The third-order valence-corrected chi connectivity index (χ3v) is 7.22. The smallest absolute Gasteiger partial charge is 0.354 e. The molecule has 1 N–H and O–H groups in total. The molecule has 1 aromatic heterocycles. The summed E-state index contributed by atoms with van der Waals surface area (Å²) in [6.07, 6.45) is 2.38. The Morgan fingerprint density at radius 3 is 2.66 bits per heavy atom. The number of hydrogen-bond acceptors (Lipinski definition) is 5. The predicted octanol–water partition coefficient (Wildman–Crippen LogP) is 2.22. The summed E-state index contributed by atoms with van der Waals surface area (Å²) in [6, 6.07) is 6.07. The van der Waals surface area contributed by atoms with Gasteiger partial charge < -0.3 is 14.6 Å². The van der Waals surface area contributed by atoms with Gasteiger partial charge in [0.25, 0.3) is 0 Å². The van der Waals surface area contributed by atoms with Crippen molar-refractivity contribution in [2.75, 3.05) is 19.0 Å². The second-order valence-corrected chi connectivity index (χ2v) is 9.06. The second kappa shape index (κ2) is 8.00. The lowest BCUT2D eigenvalue weighted by Gasteiger charge is -2.23. The van der Waals surface area contributed by atoms with Gasteiger partial charge in [-0.05, 0) is 49.9 Å². The van der Waals surface area contributed by atoms with E-state index >= 15 is 0 Å². The van der Waals surface area contributed by atoms with Crippen LogP contribution in [0.5, 0.6) is 0 Å². The van der Waals surface area contributed by atoms with E-state index in [0.717, 1.165) is 11.1 Å². The summed E-state index contributed by atoms with van der Waals surface area (Å²) in [6.45, 7) is 4.10. The van der Waals surface area contributed by atoms with Gasteiger partial charge >= 0.3 is 5.97 Å². The zero-order chi connectivity index (χ0) is 21.3. The van der Waals surface area contributed by atoms with Gasteiger partial charge in [0.05, 0.1) is 7.11 Å². The molecule has 3 rings (SSSR count). The summed E-state index contributed by atoms with van der Waals surface area (Å²) < 4.78 is 33.7. The molecule has 1 aromatic carbocycles. The van der Waals surface area contributed by atoms with E-state index in [0.29, 0.717) is 18.5 Å². The van der Waals surface area contributed by atoms with Gasteiger partial charge in [0, 0.05) is 25.5 Å². The van der Waals surface area contributed by atoms with Crippen LogP contribution in [-0.4, -0.2) is 48.9 Å². The molecule has 0 bridgehead atoms. The van der Waals surface area contributed by atoms with Crippen LogP contribution in [0.1, 0.15) is 34.5 Å². The first-order valence-corrected chi connectivity index (χ1v) is 10.7. The molecular formula is C20H25N3O5S. The van der Waals surface area contributed by atoms with Crippen molar-refractivity contribution >= 4 is 27.6 Å². The first-order chi connectivity index (χ1) is 13.7. The van der Waals surface area contributed by atoms with E-state index in [4.69, 9.17) is 0 Å². The van der Waals surface area contributed by atoms with E-state index in [1.807, 2.05) is 26.0 Å². The van der Waals surface area contributed by atoms with Crippen molar-refractivity contribution in [3.8, 4) is 0 Å². The van der Waals surface area contributed by atoms with Gasteiger partial charge in [-0.25, -0.2) is 13.2 Å². The molecule has 2 heterocycles. The third kappa shape index (κ3) is 3.92. The van der Waals surface area contributed by atoms with Gasteiger partial charge in [0.2, 0.25) is 15.9 Å². The second-order valence-electron chi connectivity index (χ2n) is 7.17. The summed E-state index contributed by atoms with van der Waals surface area (Å²) in [5.74, 6) is -0.983. The SMILES string of the molecule is COC(=O)c1cc(S(=O)(=O)N2CCC[C@@H]2C(=O)Nc2cccc(C)c2C)cn1C. The number of aromatic nitrogens is 1. The number of carbonyl (C=O) groups is 2. The molecule has 29 heavy (non-hydrogen) atoms. The number of hydrogen-bond donors (Lipinski definition) is 1. The Kier molecular flexibility index (Phi) is 5.81. The number of amides is 1. The molecule has 0 spiro atoms. The molecule has 0 unspecified atom stereocenters. The van der Waals surface area contributed by atoms with Crippen molar-refractivity contribution in [1.82, 2.24) is 8.87 Å². The van der Waals surface area contributed by atoms with E-state index in [1.165, 1.54) is 28.2 Å². The van der Waals surface area contributed by atoms with E-state index < -0.39 is 22.0 Å². The molecule has 0 aliphatic carbocycles. The van der Waals surface area contributed by atoms with Crippen LogP contribution < -0.4 is 5.32 Å². The zero-order valence-electron chi connectivity index (χ0n) is 16.9. The maximum absolute atomic E-state index is 13.2. The van der Waals surface area contributed by atoms with Crippen LogP contribution in [0.2, 0.25) is 0 Å². The number of nitrogens with one attached hydrogen (secondary N) is 1. The van der Waals surface area contributed by atoms with Crippen LogP contribution in [0.4, 0.5) is 5.69 Å². The molecule has 1 amide bonds. The van der Waals surface area contributed by atoms with E-state index in [9.17, 15) is 18.0 Å². The Morgan fingerprint density at radius 1 is 1.24 bits per heavy atom. The number of aryl methyl sites for hydroxylation is 2. The molecule has 8 nitrogen and oxygen atoms in total. The summed E-state index contributed by atoms with van der Waals surface area (Å²) in [5, 5.41) is 2.87. The average Bonchev–Trinajstić information content (AvgIpc) is 3.32. The minimum atomic E-state index is -3.94. The fourth-order valence-electron chi connectivity index (χ4n) is 3.51.